The van der Waals surface area contributed by atoms with E-state index < -0.39 is 9.84 Å². The fourth-order valence-corrected chi connectivity index (χ4v) is 3.03. The van der Waals surface area contributed by atoms with Crippen LogP contribution in [0.3, 0.4) is 0 Å². The molecule has 0 spiro atoms. The zero-order valence-corrected chi connectivity index (χ0v) is 13.4. The van der Waals surface area contributed by atoms with Crippen molar-refractivity contribution in [3.63, 3.8) is 0 Å². The van der Waals surface area contributed by atoms with Crippen LogP contribution in [0, 0.1) is 0 Å². The van der Waals surface area contributed by atoms with Crippen LogP contribution in [0.1, 0.15) is 18.1 Å². The normalized spacial score (nSPS) is 19.5. The van der Waals surface area contributed by atoms with Crippen molar-refractivity contribution < 1.29 is 17.9 Å². The molecule has 2 rings (SSSR count). The highest BCUT2D eigenvalue weighted by molar-refractivity contribution is 7.90. The summed E-state index contributed by atoms with van der Waals surface area (Å²) >= 11 is 6.14. The monoisotopic (exact) mass is 331 g/mol. The molecule has 1 fully saturated rings. The number of rotatable bonds is 4. The van der Waals surface area contributed by atoms with E-state index >= 15 is 0 Å². The van der Waals surface area contributed by atoms with Gasteiger partial charge in [0.2, 0.25) is 5.91 Å². The lowest BCUT2D eigenvalue weighted by Crippen LogP contribution is -2.42. The Balaban J connectivity index is 2.01. The molecule has 1 unspecified atom stereocenters. The standard InChI is InChI=1S/C14H18ClNO4S/c1-21(18,19)9-6-14(17)16-7-8-20-13(10-16)11-4-2-3-5-12(11)15/h2-5,13H,6-10H2,1H3. The Kier molecular flexibility index (Phi) is 5.24. The summed E-state index contributed by atoms with van der Waals surface area (Å²) in [5, 5.41) is 0.605. The maximum Gasteiger partial charge on any atom is 0.223 e. The highest BCUT2D eigenvalue weighted by Gasteiger charge is 2.26. The summed E-state index contributed by atoms with van der Waals surface area (Å²) in [4.78, 5) is 13.7. The predicted molar refractivity (Wildman–Crippen MR) is 81.1 cm³/mol. The first-order chi connectivity index (χ1) is 9.87. The second kappa shape index (κ2) is 6.77. The third kappa shape index (κ3) is 4.69. The lowest BCUT2D eigenvalue weighted by atomic mass is 10.1. The van der Waals surface area contributed by atoms with Crippen molar-refractivity contribution in [1.82, 2.24) is 4.90 Å². The molecule has 1 aliphatic rings. The van der Waals surface area contributed by atoms with Crippen LogP contribution in [0.15, 0.2) is 24.3 Å². The highest BCUT2D eigenvalue weighted by atomic mass is 35.5. The molecule has 1 heterocycles. The smallest absolute Gasteiger partial charge is 0.223 e. The number of hydrogen-bond donors (Lipinski definition) is 0. The molecule has 1 aromatic rings. The van der Waals surface area contributed by atoms with Crippen LogP contribution in [0.2, 0.25) is 5.02 Å². The second-order valence-corrected chi connectivity index (χ2v) is 7.77. The third-order valence-electron chi connectivity index (χ3n) is 3.36. The van der Waals surface area contributed by atoms with E-state index in [9.17, 15) is 13.2 Å². The zero-order valence-electron chi connectivity index (χ0n) is 11.8. The van der Waals surface area contributed by atoms with E-state index in [1.165, 1.54) is 0 Å². The van der Waals surface area contributed by atoms with Gasteiger partial charge < -0.3 is 9.64 Å². The van der Waals surface area contributed by atoms with E-state index in [-0.39, 0.29) is 24.2 Å². The van der Waals surface area contributed by atoms with Crippen LogP contribution in [0.4, 0.5) is 0 Å². The molecule has 0 bridgehead atoms. The minimum Gasteiger partial charge on any atom is -0.370 e. The zero-order chi connectivity index (χ0) is 15.5. The second-order valence-electron chi connectivity index (χ2n) is 5.10. The molecule has 0 aromatic heterocycles. The summed E-state index contributed by atoms with van der Waals surface area (Å²) in [6, 6.07) is 7.36. The fourth-order valence-electron chi connectivity index (χ4n) is 2.23. The topological polar surface area (TPSA) is 63.7 Å². The lowest BCUT2D eigenvalue weighted by molar-refractivity contribution is -0.138. The molecule has 0 aliphatic carbocycles. The first-order valence-electron chi connectivity index (χ1n) is 6.68. The van der Waals surface area contributed by atoms with Gasteiger partial charge in [0.15, 0.2) is 0 Å². The number of halogens is 1. The molecule has 116 valence electrons. The number of morpholine rings is 1. The van der Waals surface area contributed by atoms with Crippen molar-refractivity contribution in [3.8, 4) is 0 Å². The van der Waals surface area contributed by atoms with Crippen molar-refractivity contribution in [2.24, 2.45) is 0 Å². The number of hydrogen-bond acceptors (Lipinski definition) is 4. The van der Waals surface area contributed by atoms with Crippen LogP contribution in [0.5, 0.6) is 0 Å². The molecule has 7 heteroatoms. The number of benzene rings is 1. The number of amides is 1. The number of sulfone groups is 1. The van der Waals surface area contributed by atoms with Gasteiger partial charge in [0.05, 0.1) is 18.9 Å². The molecule has 0 N–H and O–H groups in total. The van der Waals surface area contributed by atoms with E-state index in [0.29, 0.717) is 24.7 Å². The van der Waals surface area contributed by atoms with Gasteiger partial charge in [0, 0.05) is 29.8 Å². The number of ether oxygens (including phenoxy) is 1. The number of carbonyl (C=O) groups is 1. The van der Waals surface area contributed by atoms with Gasteiger partial charge in [-0.1, -0.05) is 29.8 Å². The fraction of sp³-hybridized carbons (Fsp3) is 0.500. The number of carbonyl (C=O) groups excluding carboxylic acids is 1. The van der Waals surface area contributed by atoms with Crippen molar-refractivity contribution in [1.29, 1.82) is 0 Å². The van der Waals surface area contributed by atoms with Crippen molar-refractivity contribution in [2.75, 3.05) is 31.7 Å². The van der Waals surface area contributed by atoms with Gasteiger partial charge in [-0.05, 0) is 6.07 Å². The minimum absolute atomic E-state index is 0.00801. The van der Waals surface area contributed by atoms with E-state index in [4.69, 9.17) is 16.3 Å². The van der Waals surface area contributed by atoms with Crippen molar-refractivity contribution in [2.45, 2.75) is 12.5 Å². The highest BCUT2D eigenvalue weighted by Crippen LogP contribution is 2.28. The van der Waals surface area contributed by atoms with Gasteiger partial charge >= 0.3 is 0 Å². The molecule has 21 heavy (non-hydrogen) atoms. The van der Waals surface area contributed by atoms with Crippen LogP contribution in [0.25, 0.3) is 0 Å². The molecule has 0 radical (unpaired) electrons. The Bertz CT molecular complexity index is 617. The molecule has 1 aliphatic heterocycles. The van der Waals surface area contributed by atoms with E-state index in [1.807, 2.05) is 18.2 Å². The molecule has 1 saturated heterocycles. The number of nitrogens with zero attached hydrogens (tertiary/aromatic N) is 1. The van der Waals surface area contributed by atoms with Gasteiger partial charge in [-0.25, -0.2) is 8.42 Å². The summed E-state index contributed by atoms with van der Waals surface area (Å²) < 4.78 is 27.9. The Morgan fingerprint density at radius 1 is 1.43 bits per heavy atom. The van der Waals surface area contributed by atoms with E-state index in [2.05, 4.69) is 0 Å². The SMILES string of the molecule is CS(=O)(=O)CCC(=O)N1CCOC(c2ccccc2Cl)C1. The maximum atomic E-state index is 12.1. The summed E-state index contributed by atoms with van der Waals surface area (Å²) in [6.07, 6.45) is 0.870. The van der Waals surface area contributed by atoms with Crippen LogP contribution < -0.4 is 0 Å². The first kappa shape index (κ1) is 16.3. The first-order valence-corrected chi connectivity index (χ1v) is 9.12. The van der Waals surface area contributed by atoms with Crippen LogP contribution in [-0.4, -0.2) is 50.9 Å². The Morgan fingerprint density at radius 3 is 2.81 bits per heavy atom. The average Bonchev–Trinajstić information content (AvgIpc) is 2.44. The average molecular weight is 332 g/mol. The lowest BCUT2D eigenvalue weighted by Gasteiger charge is -2.33. The van der Waals surface area contributed by atoms with Gasteiger partial charge in [-0.2, -0.15) is 0 Å². The molecule has 1 amide bonds. The minimum atomic E-state index is -3.13. The van der Waals surface area contributed by atoms with Gasteiger partial charge in [-0.3, -0.25) is 4.79 Å². The molecule has 5 nitrogen and oxygen atoms in total. The van der Waals surface area contributed by atoms with E-state index in [1.54, 1.807) is 11.0 Å². The maximum absolute atomic E-state index is 12.1. The van der Waals surface area contributed by atoms with Crippen molar-refractivity contribution in [3.05, 3.63) is 34.9 Å². The summed E-state index contributed by atoms with van der Waals surface area (Å²) in [5.74, 6) is -0.291. The van der Waals surface area contributed by atoms with Crippen molar-refractivity contribution >= 4 is 27.3 Å². The van der Waals surface area contributed by atoms with E-state index in [0.717, 1.165) is 11.8 Å². The Morgan fingerprint density at radius 2 is 2.14 bits per heavy atom. The van der Waals surface area contributed by atoms with Gasteiger partial charge in [0.25, 0.3) is 0 Å². The summed E-state index contributed by atoms with van der Waals surface area (Å²) in [5.41, 5.74) is 0.847. The van der Waals surface area contributed by atoms with Crippen LogP contribution in [-0.2, 0) is 19.4 Å². The van der Waals surface area contributed by atoms with Gasteiger partial charge in [0.1, 0.15) is 15.9 Å². The quantitative estimate of drug-likeness (QED) is 0.842. The van der Waals surface area contributed by atoms with Crippen LogP contribution >= 0.6 is 11.6 Å². The van der Waals surface area contributed by atoms with Gasteiger partial charge in [-0.15, -0.1) is 0 Å². The molecule has 1 aromatic carbocycles. The Labute approximate surface area is 129 Å². The summed E-state index contributed by atoms with van der Waals surface area (Å²) in [7, 11) is -3.13. The molecule has 0 saturated carbocycles. The Hall–Kier alpha value is -1.11. The third-order valence-corrected chi connectivity index (χ3v) is 4.65. The molecular weight excluding hydrogens is 314 g/mol. The molecular formula is C14H18ClNO4S. The largest absolute Gasteiger partial charge is 0.370 e. The predicted octanol–water partition coefficient (Wildman–Crippen LogP) is 1.67. The summed E-state index contributed by atoms with van der Waals surface area (Å²) in [6.45, 7) is 1.29. The molecule has 1 atom stereocenters.